The fourth-order valence-corrected chi connectivity index (χ4v) is 7.44. The zero-order valence-electron chi connectivity index (χ0n) is 17.2. The summed E-state index contributed by atoms with van der Waals surface area (Å²) in [7, 11) is -3.60. The van der Waals surface area contributed by atoms with Crippen LogP contribution in [0.25, 0.3) is 0 Å². The molecule has 0 amide bonds. The number of likely N-dealkylation sites (tertiary alicyclic amines) is 1. The molecule has 1 N–H and O–H groups in total. The maximum atomic E-state index is 13.5. The highest BCUT2D eigenvalue weighted by Crippen LogP contribution is 2.43. The zero-order valence-corrected chi connectivity index (χ0v) is 18.8. The second-order valence-corrected chi connectivity index (χ2v) is 11.3. The molecule has 0 bridgehead atoms. The number of hydrogen-bond donors (Lipinski definition) is 1. The summed E-state index contributed by atoms with van der Waals surface area (Å²) in [6.45, 7) is 9.13. The number of piperidine rings is 1. The minimum atomic E-state index is -3.60. The van der Waals surface area contributed by atoms with Crippen molar-refractivity contribution in [1.82, 2.24) is 10.2 Å². The van der Waals surface area contributed by atoms with E-state index in [1.807, 2.05) is 6.07 Å². The Morgan fingerprint density at radius 2 is 1.93 bits per heavy atom. The third-order valence-corrected chi connectivity index (χ3v) is 8.72. The van der Waals surface area contributed by atoms with E-state index in [-0.39, 0.29) is 6.10 Å². The molecule has 5 nitrogen and oxygen atoms in total. The van der Waals surface area contributed by atoms with Gasteiger partial charge in [0.2, 0.25) is 9.84 Å². The van der Waals surface area contributed by atoms with Crippen molar-refractivity contribution in [1.29, 1.82) is 0 Å². The predicted molar refractivity (Wildman–Crippen MR) is 117 cm³/mol. The van der Waals surface area contributed by atoms with E-state index in [1.54, 1.807) is 24.3 Å². The van der Waals surface area contributed by atoms with Crippen LogP contribution in [0.15, 0.2) is 40.1 Å². The molecule has 3 heterocycles. The summed E-state index contributed by atoms with van der Waals surface area (Å²) in [5, 5.41) is 3.94. The van der Waals surface area contributed by atoms with Crippen molar-refractivity contribution < 1.29 is 13.2 Å². The van der Waals surface area contributed by atoms with E-state index < -0.39 is 9.84 Å². The van der Waals surface area contributed by atoms with E-state index >= 15 is 0 Å². The number of rotatable bonds is 6. The van der Waals surface area contributed by atoms with Crippen molar-refractivity contribution in [3.8, 4) is 5.06 Å². The van der Waals surface area contributed by atoms with Gasteiger partial charge >= 0.3 is 0 Å². The summed E-state index contributed by atoms with van der Waals surface area (Å²) in [6, 6.07) is 8.74. The smallest absolute Gasteiger partial charge is 0.211 e. The normalized spacial score (nSPS) is 18.7. The van der Waals surface area contributed by atoms with Gasteiger partial charge in [-0.05, 0) is 49.4 Å². The molecule has 0 unspecified atom stereocenters. The van der Waals surface area contributed by atoms with Gasteiger partial charge in [-0.2, -0.15) is 0 Å². The molecular weight excluding hydrogens is 404 g/mol. The van der Waals surface area contributed by atoms with Gasteiger partial charge in [-0.3, -0.25) is 0 Å². The molecule has 2 aliphatic rings. The van der Waals surface area contributed by atoms with Crippen LogP contribution in [0.4, 0.5) is 0 Å². The van der Waals surface area contributed by atoms with Crippen molar-refractivity contribution in [2.75, 3.05) is 26.2 Å². The van der Waals surface area contributed by atoms with E-state index in [4.69, 9.17) is 4.74 Å². The number of nitrogens with one attached hydrogen (secondary N) is 1. The van der Waals surface area contributed by atoms with Crippen LogP contribution in [0.3, 0.4) is 0 Å². The van der Waals surface area contributed by atoms with Crippen molar-refractivity contribution in [3.05, 3.63) is 40.8 Å². The first-order valence-electron chi connectivity index (χ1n) is 10.5. The van der Waals surface area contributed by atoms with Gasteiger partial charge in [0.05, 0.1) is 4.90 Å². The summed E-state index contributed by atoms with van der Waals surface area (Å²) in [4.78, 5) is 4.33. The number of benzene rings is 1. The van der Waals surface area contributed by atoms with Crippen LogP contribution >= 0.6 is 11.3 Å². The third-order valence-electron chi connectivity index (χ3n) is 5.60. The fraction of sp³-hybridized carbons (Fsp3) is 0.545. The number of ether oxygens (including phenoxy) is 1. The Morgan fingerprint density at radius 3 is 2.62 bits per heavy atom. The maximum Gasteiger partial charge on any atom is 0.211 e. The Hall–Kier alpha value is -1.41. The molecule has 2 aromatic rings. The van der Waals surface area contributed by atoms with Crippen LogP contribution in [-0.2, 0) is 22.8 Å². The Labute approximate surface area is 178 Å². The minimum absolute atomic E-state index is 0.0798. The first-order valence-corrected chi connectivity index (χ1v) is 12.8. The number of thiophene rings is 1. The lowest BCUT2D eigenvalue weighted by Gasteiger charge is -2.33. The predicted octanol–water partition coefficient (Wildman–Crippen LogP) is 3.73. The lowest BCUT2D eigenvalue weighted by molar-refractivity contribution is 0.0949. The molecule has 1 saturated heterocycles. The molecule has 4 rings (SSSR count). The van der Waals surface area contributed by atoms with Crippen molar-refractivity contribution in [2.24, 2.45) is 5.92 Å². The summed E-state index contributed by atoms with van der Waals surface area (Å²) in [5.74, 6) is 0.659. The zero-order chi connectivity index (χ0) is 20.4. The first-order chi connectivity index (χ1) is 13.9. The Bertz CT molecular complexity index is 930. The van der Waals surface area contributed by atoms with Crippen LogP contribution in [0.1, 0.15) is 37.1 Å². The van der Waals surface area contributed by atoms with E-state index in [9.17, 15) is 8.42 Å². The van der Waals surface area contributed by atoms with Gasteiger partial charge < -0.3 is 15.0 Å². The highest BCUT2D eigenvalue weighted by Gasteiger charge is 2.33. The molecule has 7 heteroatoms. The molecule has 29 heavy (non-hydrogen) atoms. The summed E-state index contributed by atoms with van der Waals surface area (Å²) in [5.41, 5.74) is 0.949. The molecule has 2 aliphatic heterocycles. The van der Waals surface area contributed by atoms with Gasteiger partial charge in [0.25, 0.3) is 0 Å². The van der Waals surface area contributed by atoms with Crippen molar-refractivity contribution in [2.45, 2.75) is 55.5 Å². The summed E-state index contributed by atoms with van der Waals surface area (Å²) < 4.78 is 33.4. The minimum Gasteiger partial charge on any atom is -0.479 e. The van der Waals surface area contributed by atoms with Gasteiger partial charge in [-0.25, -0.2) is 8.42 Å². The van der Waals surface area contributed by atoms with Gasteiger partial charge in [-0.1, -0.05) is 32.0 Å². The van der Waals surface area contributed by atoms with Gasteiger partial charge in [0, 0.05) is 31.1 Å². The fourth-order valence-electron chi connectivity index (χ4n) is 4.23. The first kappa shape index (κ1) is 20.8. The van der Waals surface area contributed by atoms with Crippen molar-refractivity contribution >= 4 is 21.2 Å². The molecule has 0 saturated carbocycles. The standard InChI is InChI=1S/C22H30N2O3S2/c1-16(2)15-24-12-9-17(10-13-24)27-22-21(19-8-11-23-14-20(19)28-22)29(25,26)18-6-4-3-5-7-18/h3-7,16-17,23H,8-15H2,1-2H3. The Morgan fingerprint density at radius 1 is 1.21 bits per heavy atom. The molecule has 0 spiro atoms. The van der Waals surface area contributed by atoms with E-state index in [2.05, 4.69) is 24.1 Å². The second kappa shape index (κ2) is 8.76. The molecule has 158 valence electrons. The Balaban J connectivity index is 1.61. The molecule has 0 aliphatic carbocycles. The second-order valence-electron chi connectivity index (χ2n) is 8.38. The van der Waals surface area contributed by atoms with Gasteiger partial charge in [0.15, 0.2) is 5.06 Å². The topological polar surface area (TPSA) is 58.6 Å². The summed E-state index contributed by atoms with van der Waals surface area (Å²) >= 11 is 1.51. The average molecular weight is 435 g/mol. The van der Waals surface area contributed by atoms with E-state index in [0.717, 1.165) is 55.9 Å². The molecular formula is C22H30N2O3S2. The van der Waals surface area contributed by atoms with Crippen molar-refractivity contribution in [3.63, 3.8) is 0 Å². The summed E-state index contributed by atoms with van der Waals surface area (Å²) in [6.07, 6.45) is 2.69. The van der Waals surface area contributed by atoms with Crippen LogP contribution in [0.2, 0.25) is 0 Å². The molecule has 1 aromatic heterocycles. The molecule has 1 fully saturated rings. The molecule has 1 aromatic carbocycles. The van der Waals surface area contributed by atoms with Gasteiger partial charge in [0.1, 0.15) is 11.0 Å². The number of hydrogen-bond acceptors (Lipinski definition) is 6. The monoisotopic (exact) mass is 434 g/mol. The lowest BCUT2D eigenvalue weighted by Crippen LogP contribution is -2.39. The highest BCUT2D eigenvalue weighted by atomic mass is 32.2. The van der Waals surface area contributed by atoms with E-state index in [1.165, 1.54) is 11.3 Å². The molecule has 0 atom stereocenters. The SMILES string of the molecule is CC(C)CN1CCC(Oc2sc3c(c2S(=O)(=O)c2ccccc2)CCNC3)CC1. The quantitative estimate of drug-likeness (QED) is 0.751. The van der Waals surface area contributed by atoms with Crippen LogP contribution in [-0.4, -0.2) is 45.6 Å². The van der Waals surface area contributed by atoms with Gasteiger partial charge in [-0.15, -0.1) is 11.3 Å². The van der Waals surface area contributed by atoms with E-state index in [0.29, 0.717) is 27.3 Å². The van der Waals surface area contributed by atoms with Crippen LogP contribution in [0.5, 0.6) is 5.06 Å². The van der Waals surface area contributed by atoms with Crippen LogP contribution < -0.4 is 10.1 Å². The van der Waals surface area contributed by atoms with Crippen LogP contribution in [0, 0.1) is 5.92 Å². The third kappa shape index (κ3) is 4.53. The maximum absolute atomic E-state index is 13.5. The number of sulfone groups is 1. The molecule has 0 radical (unpaired) electrons. The largest absolute Gasteiger partial charge is 0.479 e. The highest BCUT2D eigenvalue weighted by molar-refractivity contribution is 7.91. The number of fused-ring (bicyclic) bond motifs is 1. The number of nitrogens with zero attached hydrogens (tertiary/aromatic N) is 1. The lowest BCUT2D eigenvalue weighted by atomic mass is 10.1. The Kier molecular flexibility index (Phi) is 6.30. The average Bonchev–Trinajstić information content (AvgIpc) is 3.08.